The Morgan fingerprint density at radius 2 is 1.75 bits per heavy atom. The van der Waals surface area contributed by atoms with E-state index in [-0.39, 0.29) is 23.1 Å². The van der Waals surface area contributed by atoms with Crippen LogP contribution in [0.3, 0.4) is 0 Å². The van der Waals surface area contributed by atoms with E-state index in [9.17, 15) is 19.5 Å². The summed E-state index contributed by atoms with van der Waals surface area (Å²) in [4.78, 5) is 41.6. The van der Waals surface area contributed by atoms with Crippen LogP contribution in [0.1, 0.15) is 65.5 Å². The van der Waals surface area contributed by atoms with E-state index in [0.717, 1.165) is 11.3 Å². The molecule has 0 aromatic heterocycles. The Morgan fingerprint density at radius 3 is 2.25 bits per heavy atom. The summed E-state index contributed by atoms with van der Waals surface area (Å²) >= 11 is 1.71. The average Bonchev–Trinajstić information content (AvgIpc) is 3.24. The van der Waals surface area contributed by atoms with E-state index in [1.807, 2.05) is 48.5 Å². The minimum absolute atomic E-state index is 0.0652. The molecule has 0 spiro atoms. The third-order valence-corrected chi connectivity index (χ3v) is 8.15. The molecule has 1 unspecified atom stereocenters. The van der Waals surface area contributed by atoms with Crippen LogP contribution in [0.5, 0.6) is 11.5 Å². The van der Waals surface area contributed by atoms with E-state index >= 15 is 0 Å². The number of aliphatic carboxylic acids is 1. The van der Waals surface area contributed by atoms with Gasteiger partial charge in [0.15, 0.2) is 0 Å². The number of carbonyl (C=O) groups is 3. The van der Waals surface area contributed by atoms with E-state index in [0.29, 0.717) is 35.8 Å². The van der Waals surface area contributed by atoms with Crippen LogP contribution in [-0.2, 0) is 16.0 Å². The number of methoxy groups -OCH3 is 1. The Hall–Kier alpha value is -3.20. The SMILES string of the molecule is COc1ccc(C(Cc2ccc(OC(=O)N3CCSC3(C)C)cc2)C(=O)O)cc1N(CC(C)C)C(=O)C(C)(C)C. The fourth-order valence-electron chi connectivity index (χ4n) is 4.67. The number of amides is 2. The molecule has 2 aromatic rings. The third kappa shape index (κ3) is 7.50. The molecule has 2 amide bonds. The van der Waals surface area contributed by atoms with Crippen LogP contribution in [0, 0.1) is 11.3 Å². The van der Waals surface area contributed by atoms with Crippen molar-refractivity contribution in [2.24, 2.45) is 11.3 Å². The van der Waals surface area contributed by atoms with Crippen molar-refractivity contribution in [2.45, 2.75) is 65.7 Å². The lowest BCUT2D eigenvalue weighted by molar-refractivity contribution is -0.138. The summed E-state index contributed by atoms with van der Waals surface area (Å²) in [7, 11) is 1.54. The molecule has 40 heavy (non-hydrogen) atoms. The zero-order chi connectivity index (χ0) is 29.8. The Labute approximate surface area is 242 Å². The van der Waals surface area contributed by atoms with Crippen molar-refractivity contribution < 1.29 is 29.0 Å². The summed E-state index contributed by atoms with van der Waals surface area (Å²) in [6, 6.07) is 12.2. The predicted octanol–water partition coefficient (Wildman–Crippen LogP) is 6.42. The summed E-state index contributed by atoms with van der Waals surface area (Å²) in [5.41, 5.74) is 1.29. The van der Waals surface area contributed by atoms with E-state index in [4.69, 9.17) is 9.47 Å². The third-order valence-electron chi connectivity index (χ3n) is 6.84. The van der Waals surface area contributed by atoms with Crippen LogP contribution in [0.25, 0.3) is 0 Å². The topological polar surface area (TPSA) is 96.4 Å². The van der Waals surface area contributed by atoms with E-state index in [1.54, 1.807) is 71.1 Å². The smallest absolute Gasteiger partial charge is 0.416 e. The Bertz CT molecular complexity index is 1220. The largest absolute Gasteiger partial charge is 0.495 e. The highest BCUT2D eigenvalue weighted by molar-refractivity contribution is 8.00. The molecule has 0 radical (unpaired) electrons. The van der Waals surface area contributed by atoms with Gasteiger partial charge in [0, 0.05) is 24.3 Å². The Kier molecular flexibility index (Phi) is 9.82. The minimum atomic E-state index is -0.974. The molecule has 1 saturated heterocycles. The van der Waals surface area contributed by atoms with Crippen molar-refractivity contribution >= 4 is 35.4 Å². The van der Waals surface area contributed by atoms with Gasteiger partial charge in [-0.2, -0.15) is 0 Å². The predicted molar refractivity (Wildman–Crippen MR) is 159 cm³/mol. The van der Waals surface area contributed by atoms with Crippen molar-refractivity contribution in [3.05, 3.63) is 53.6 Å². The van der Waals surface area contributed by atoms with E-state index in [1.165, 1.54) is 0 Å². The second-order valence-electron chi connectivity index (χ2n) is 12.0. The van der Waals surface area contributed by atoms with Gasteiger partial charge in [-0.15, -0.1) is 11.8 Å². The number of carboxylic acids is 1. The second kappa shape index (κ2) is 12.5. The van der Waals surface area contributed by atoms with Crippen molar-refractivity contribution in [3.8, 4) is 11.5 Å². The van der Waals surface area contributed by atoms with Gasteiger partial charge in [0.05, 0.1) is 23.6 Å². The van der Waals surface area contributed by atoms with Crippen LogP contribution in [0.4, 0.5) is 10.5 Å². The fourth-order valence-corrected chi connectivity index (χ4v) is 5.77. The molecular formula is C31H42N2O6S. The zero-order valence-corrected chi connectivity index (χ0v) is 25.6. The summed E-state index contributed by atoms with van der Waals surface area (Å²) in [5.74, 6) is 0.0815. The molecule has 8 nitrogen and oxygen atoms in total. The van der Waals surface area contributed by atoms with Gasteiger partial charge in [-0.3, -0.25) is 14.5 Å². The number of thioether (sulfide) groups is 1. The zero-order valence-electron chi connectivity index (χ0n) is 24.8. The number of benzene rings is 2. The van der Waals surface area contributed by atoms with E-state index in [2.05, 4.69) is 0 Å². The normalized spacial score (nSPS) is 15.6. The highest BCUT2D eigenvalue weighted by Crippen LogP contribution is 2.37. The van der Waals surface area contributed by atoms with Crippen LogP contribution < -0.4 is 14.4 Å². The van der Waals surface area contributed by atoms with Crippen LogP contribution in [0.2, 0.25) is 0 Å². The molecule has 1 atom stereocenters. The van der Waals surface area contributed by atoms with Crippen LogP contribution in [0.15, 0.2) is 42.5 Å². The summed E-state index contributed by atoms with van der Waals surface area (Å²) < 4.78 is 11.2. The highest BCUT2D eigenvalue weighted by Gasteiger charge is 2.37. The molecule has 1 aliphatic rings. The van der Waals surface area contributed by atoms with Gasteiger partial charge < -0.3 is 19.5 Å². The number of rotatable bonds is 9. The van der Waals surface area contributed by atoms with Crippen molar-refractivity contribution in [1.29, 1.82) is 0 Å². The van der Waals surface area contributed by atoms with Gasteiger partial charge in [-0.25, -0.2) is 4.79 Å². The maximum Gasteiger partial charge on any atom is 0.416 e. The monoisotopic (exact) mass is 570 g/mol. The lowest BCUT2D eigenvalue weighted by atomic mass is 9.90. The first kappa shape index (κ1) is 31.3. The molecule has 0 aliphatic carbocycles. The summed E-state index contributed by atoms with van der Waals surface area (Å²) in [6.45, 7) is 14.8. The van der Waals surface area contributed by atoms with E-state index < -0.39 is 23.4 Å². The van der Waals surface area contributed by atoms with Gasteiger partial charge >= 0.3 is 12.1 Å². The van der Waals surface area contributed by atoms with Crippen molar-refractivity contribution in [1.82, 2.24) is 4.90 Å². The first-order chi connectivity index (χ1) is 18.6. The summed E-state index contributed by atoms with van der Waals surface area (Å²) in [6.07, 6.45) is -0.171. The molecule has 0 bridgehead atoms. The molecule has 1 heterocycles. The molecular weight excluding hydrogens is 528 g/mol. The van der Waals surface area contributed by atoms with Gasteiger partial charge in [-0.05, 0) is 61.6 Å². The molecule has 1 fully saturated rings. The number of carboxylic acid groups (broad SMARTS) is 1. The molecule has 1 N–H and O–H groups in total. The quantitative estimate of drug-likeness (QED) is 0.371. The number of hydrogen-bond donors (Lipinski definition) is 1. The lowest BCUT2D eigenvalue weighted by Crippen LogP contribution is -2.42. The van der Waals surface area contributed by atoms with Gasteiger partial charge in [0.25, 0.3) is 0 Å². The first-order valence-electron chi connectivity index (χ1n) is 13.6. The van der Waals surface area contributed by atoms with Crippen molar-refractivity contribution in [2.75, 3.05) is 30.9 Å². The maximum atomic E-state index is 13.4. The van der Waals surface area contributed by atoms with Gasteiger partial charge in [0.1, 0.15) is 11.5 Å². The minimum Gasteiger partial charge on any atom is -0.495 e. The highest BCUT2D eigenvalue weighted by atomic mass is 32.2. The van der Waals surface area contributed by atoms with Crippen LogP contribution >= 0.6 is 11.8 Å². The van der Waals surface area contributed by atoms with Gasteiger partial charge in [-0.1, -0.05) is 52.8 Å². The van der Waals surface area contributed by atoms with Gasteiger partial charge in [0.2, 0.25) is 5.91 Å². The molecule has 0 saturated carbocycles. The number of anilines is 1. The average molecular weight is 571 g/mol. The number of carbonyl (C=O) groups excluding carboxylic acids is 2. The van der Waals surface area contributed by atoms with Crippen molar-refractivity contribution in [3.63, 3.8) is 0 Å². The van der Waals surface area contributed by atoms with Crippen LogP contribution in [-0.4, -0.2) is 58.8 Å². The second-order valence-corrected chi connectivity index (χ2v) is 13.7. The molecule has 3 rings (SSSR count). The molecule has 1 aliphatic heterocycles. The molecule has 2 aromatic carbocycles. The Balaban J connectivity index is 1.86. The number of hydrogen-bond acceptors (Lipinski definition) is 6. The maximum absolute atomic E-state index is 13.4. The number of nitrogens with zero attached hydrogens (tertiary/aromatic N) is 2. The molecule has 9 heteroatoms. The summed E-state index contributed by atoms with van der Waals surface area (Å²) in [5, 5.41) is 10.2. The molecule has 218 valence electrons. The first-order valence-corrected chi connectivity index (χ1v) is 14.6. The lowest BCUT2D eigenvalue weighted by Gasteiger charge is -2.32. The number of ether oxygens (including phenoxy) is 2. The Morgan fingerprint density at radius 1 is 1.10 bits per heavy atom. The standard InChI is InChI=1S/C31H42N2O6S/c1-20(2)19-32(28(36)30(3,4)5)25-18-22(11-14-26(25)38-8)24(27(34)35)17-21-9-12-23(13-10-21)39-29(37)33-15-16-40-31(33,6)7/h9-14,18,20,24H,15-17,19H2,1-8H3,(H,34,35). The fraction of sp³-hybridized carbons (Fsp3) is 0.516.